The molecule has 0 fully saturated rings. The summed E-state index contributed by atoms with van der Waals surface area (Å²) in [5.41, 5.74) is -0.637. The van der Waals surface area contributed by atoms with Crippen molar-refractivity contribution < 1.29 is 18.7 Å². The Morgan fingerprint density at radius 3 is 2.38 bits per heavy atom. The minimum absolute atomic E-state index is 0.434. The average Bonchev–Trinajstić information content (AvgIpc) is 1.99. The molecular weight excluding hydrogens is 225 g/mol. The number of carboxylic acids is 1. The third kappa shape index (κ3) is 1.73. The van der Waals surface area contributed by atoms with Gasteiger partial charge in [-0.1, -0.05) is 23.2 Å². The van der Waals surface area contributed by atoms with Crippen LogP contribution in [-0.2, 0) is 0 Å². The molecule has 0 radical (unpaired) electrons. The monoisotopic (exact) mass is 226 g/mol. The largest absolute Gasteiger partial charge is 0.478 e. The molecule has 13 heavy (non-hydrogen) atoms. The highest BCUT2D eigenvalue weighted by Gasteiger charge is 2.20. The lowest BCUT2D eigenvalue weighted by Gasteiger charge is -2.03. The summed E-state index contributed by atoms with van der Waals surface area (Å²) in [7, 11) is 0. The van der Waals surface area contributed by atoms with Crippen molar-refractivity contribution >= 4 is 29.2 Å². The van der Waals surface area contributed by atoms with Crippen molar-refractivity contribution in [2.45, 2.75) is 0 Å². The summed E-state index contributed by atoms with van der Waals surface area (Å²) in [4.78, 5) is 10.4. The summed E-state index contributed by atoms with van der Waals surface area (Å²) < 4.78 is 25.2. The first-order valence-electron chi connectivity index (χ1n) is 3.01. The van der Waals surface area contributed by atoms with Gasteiger partial charge in [0.1, 0.15) is 0 Å². The molecule has 0 heterocycles. The number of halogens is 4. The number of carboxylic acid groups (broad SMARTS) is 1. The predicted molar refractivity (Wildman–Crippen MR) is 43.3 cm³/mol. The maximum atomic E-state index is 12.7. The highest BCUT2D eigenvalue weighted by molar-refractivity contribution is 6.39. The number of aromatic carboxylic acids is 1. The fourth-order valence-corrected chi connectivity index (χ4v) is 1.35. The van der Waals surface area contributed by atoms with Crippen molar-refractivity contribution in [1.29, 1.82) is 0 Å². The molecular formula is C7H2Cl2F2O2. The van der Waals surface area contributed by atoms with Crippen molar-refractivity contribution in [2.24, 2.45) is 0 Å². The number of hydrogen-bond acceptors (Lipinski definition) is 1. The predicted octanol–water partition coefficient (Wildman–Crippen LogP) is 2.97. The zero-order valence-corrected chi connectivity index (χ0v) is 7.46. The molecule has 0 bridgehead atoms. The van der Waals surface area contributed by atoms with Gasteiger partial charge in [-0.3, -0.25) is 0 Å². The van der Waals surface area contributed by atoms with Crippen molar-refractivity contribution in [3.8, 4) is 0 Å². The minimum atomic E-state index is -1.51. The topological polar surface area (TPSA) is 37.3 Å². The summed E-state index contributed by atoms with van der Waals surface area (Å²) in [5, 5.41) is 7.25. The Morgan fingerprint density at radius 2 is 1.92 bits per heavy atom. The van der Waals surface area contributed by atoms with E-state index in [0.29, 0.717) is 6.07 Å². The first kappa shape index (κ1) is 10.2. The molecule has 0 aliphatic rings. The summed E-state index contributed by atoms with van der Waals surface area (Å²) >= 11 is 10.5. The first-order chi connectivity index (χ1) is 5.95. The zero-order chi connectivity index (χ0) is 10.2. The van der Waals surface area contributed by atoms with Crippen LogP contribution in [0, 0.1) is 11.6 Å². The van der Waals surface area contributed by atoms with Gasteiger partial charge in [0.25, 0.3) is 0 Å². The number of benzene rings is 1. The van der Waals surface area contributed by atoms with Crippen LogP contribution in [0.2, 0.25) is 10.0 Å². The van der Waals surface area contributed by atoms with E-state index in [4.69, 9.17) is 28.3 Å². The second-order valence-corrected chi connectivity index (χ2v) is 2.93. The molecule has 1 rings (SSSR count). The van der Waals surface area contributed by atoms with Gasteiger partial charge in [-0.15, -0.1) is 0 Å². The molecule has 0 amide bonds. The van der Waals surface area contributed by atoms with Gasteiger partial charge in [0.05, 0.1) is 15.6 Å². The number of rotatable bonds is 1. The average molecular weight is 227 g/mol. The Bertz CT molecular complexity index is 379. The fraction of sp³-hybridized carbons (Fsp3) is 0. The summed E-state index contributed by atoms with van der Waals surface area (Å²) in [5.74, 6) is -4.20. The smallest absolute Gasteiger partial charge is 0.338 e. The Balaban J connectivity index is 3.53. The molecule has 0 aromatic heterocycles. The normalized spacial score (nSPS) is 10.2. The van der Waals surface area contributed by atoms with Crippen LogP contribution in [0.15, 0.2) is 6.07 Å². The van der Waals surface area contributed by atoms with Crippen LogP contribution in [0.4, 0.5) is 8.78 Å². The molecule has 0 aliphatic heterocycles. The molecule has 1 N–H and O–H groups in total. The maximum Gasteiger partial charge on any atom is 0.338 e. The van der Waals surface area contributed by atoms with Crippen molar-refractivity contribution in [2.75, 3.05) is 0 Å². The molecule has 70 valence electrons. The molecule has 0 aliphatic carbocycles. The van der Waals surface area contributed by atoms with Crippen molar-refractivity contribution in [3.63, 3.8) is 0 Å². The molecule has 1 aromatic carbocycles. The van der Waals surface area contributed by atoms with Gasteiger partial charge in [-0.2, -0.15) is 0 Å². The molecule has 0 saturated carbocycles. The molecule has 0 atom stereocenters. The van der Waals surface area contributed by atoms with Gasteiger partial charge in [-0.25, -0.2) is 13.6 Å². The highest BCUT2D eigenvalue weighted by Crippen LogP contribution is 2.29. The SMILES string of the molecule is O=C(O)c1c(Cl)cc(F)c(F)c1Cl. The third-order valence-corrected chi connectivity index (χ3v) is 1.98. The van der Waals surface area contributed by atoms with E-state index in [2.05, 4.69) is 0 Å². The van der Waals surface area contributed by atoms with Crippen molar-refractivity contribution in [3.05, 3.63) is 33.3 Å². The number of hydrogen-bond donors (Lipinski definition) is 1. The lowest BCUT2D eigenvalue weighted by molar-refractivity contribution is 0.0696. The van der Waals surface area contributed by atoms with Crippen LogP contribution in [0.25, 0.3) is 0 Å². The minimum Gasteiger partial charge on any atom is -0.478 e. The molecule has 0 spiro atoms. The van der Waals surface area contributed by atoms with E-state index in [1.165, 1.54) is 0 Å². The summed E-state index contributed by atoms with van der Waals surface area (Å²) in [6.45, 7) is 0. The quantitative estimate of drug-likeness (QED) is 0.591. The van der Waals surface area contributed by atoms with E-state index in [1.54, 1.807) is 0 Å². The van der Waals surface area contributed by atoms with Gasteiger partial charge in [0.2, 0.25) is 0 Å². The maximum absolute atomic E-state index is 12.7. The molecule has 2 nitrogen and oxygen atoms in total. The van der Waals surface area contributed by atoms with E-state index in [-0.39, 0.29) is 0 Å². The Labute approximate surface area is 81.7 Å². The van der Waals surface area contributed by atoms with E-state index in [9.17, 15) is 13.6 Å². The van der Waals surface area contributed by atoms with E-state index >= 15 is 0 Å². The van der Waals surface area contributed by atoms with Crippen molar-refractivity contribution in [1.82, 2.24) is 0 Å². The standard InChI is InChI=1S/C7H2Cl2F2O2/c8-2-1-3(10)6(11)5(9)4(2)7(12)13/h1H,(H,12,13). The van der Waals surface area contributed by atoms with Crippen LogP contribution in [0.5, 0.6) is 0 Å². The molecule has 1 aromatic rings. The second kappa shape index (κ2) is 3.47. The van der Waals surface area contributed by atoms with Crippen LogP contribution in [0.3, 0.4) is 0 Å². The van der Waals surface area contributed by atoms with Crippen LogP contribution in [0.1, 0.15) is 10.4 Å². The second-order valence-electron chi connectivity index (χ2n) is 2.15. The van der Waals surface area contributed by atoms with Crippen LogP contribution >= 0.6 is 23.2 Å². The van der Waals surface area contributed by atoms with E-state index < -0.39 is 33.2 Å². The number of carbonyl (C=O) groups is 1. The first-order valence-corrected chi connectivity index (χ1v) is 3.77. The van der Waals surface area contributed by atoms with Gasteiger partial charge >= 0.3 is 5.97 Å². The van der Waals surface area contributed by atoms with Crippen LogP contribution < -0.4 is 0 Å². The van der Waals surface area contributed by atoms with E-state index in [0.717, 1.165) is 0 Å². The van der Waals surface area contributed by atoms with Gasteiger partial charge in [0, 0.05) is 0 Å². The summed E-state index contributed by atoms with van der Waals surface area (Å²) in [6.07, 6.45) is 0. The summed E-state index contributed by atoms with van der Waals surface area (Å²) in [6, 6.07) is 0.562. The molecule has 0 unspecified atom stereocenters. The Kier molecular flexibility index (Phi) is 2.73. The van der Waals surface area contributed by atoms with Gasteiger partial charge < -0.3 is 5.11 Å². The zero-order valence-electron chi connectivity index (χ0n) is 5.94. The molecule has 0 saturated heterocycles. The lowest BCUT2D eigenvalue weighted by atomic mass is 10.2. The fourth-order valence-electron chi connectivity index (χ4n) is 0.762. The van der Waals surface area contributed by atoms with Crippen LogP contribution in [-0.4, -0.2) is 11.1 Å². The Morgan fingerprint density at radius 1 is 1.38 bits per heavy atom. The third-order valence-electron chi connectivity index (χ3n) is 1.33. The highest BCUT2D eigenvalue weighted by atomic mass is 35.5. The Hall–Kier alpha value is -0.870. The van der Waals surface area contributed by atoms with Gasteiger partial charge in [-0.05, 0) is 6.07 Å². The van der Waals surface area contributed by atoms with E-state index in [1.807, 2.05) is 0 Å². The molecule has 6 heteroatoms. The van der Waals surface area contributed by atoms with Gasteiger partial charge in [0.15, 0.2) is 11.6 Å². The lowest BCUT2D eigenvalue weighted by Crippen LogP contribution is -2.02.